The van der Waals surface area contributed by atoms with Crippen LogP contribution >= 0.6 is 0 Å². The van der Waals surface area contributed by atoms with Crippen LogP contribution in [0.15, 0.2) is 229 Å². The third-order valence-electron chi connectivity index (χ3n) is 12.2. The van der Waals surface area contributed by atoms with E-state index in [2.05, 4.69) is 217 Å². The van der Waals surface area contributed by atoms with Gasteiger partial charge in [-0.05, 0) is 114 Å². The molecular weight excluding hydrogens is 727 g/mol. The Kier molecular flexibility index (Phi) is 7.89. The molecule has 2 heteroatoms. The molecule has 12 rings (SSSR count). The molecule has 1 aromatic heterocycles. The number of nitrogens with zero attached hydrogens (tertiary/aromatic N) is 1. The van der Waals surface area contributed by atoms with Crippen LogP contribution in [0.1, 0.15) is 0 Å². The van der Waals surface area contributed by atoms with Gasteiger partial charge in [-0.2, -0.15) is 0 Å². The standard InChI is InChI=1S/C58H37NO/c1-4-17-45-38(13-1)16-11-24-50(45)52-36-31-39-14-2-6-19-47(39)57(52)41-29-34-44(35-30-41)59(54-37-42-15-3-5-18-46(42)49-20-7-8-21-51(49)54)43-32-27-40(28-33-43)48-23-12-26-56-58(48)53-22-9-10-25-55(53)60-56/h1-37H. The van der Waals surface area contributed by atoms with Crippen LogP contribution in [-0.2, 0) is 0 Å². The molecule has 0 amide bonds. The zero-order valence-electron chi connectivity index (χ0n) is 32.7. The first kappa shape index (κ1) is 34.1. The van der Waals surface area contributed by atoms with Gasteiger partial charge < -0.3 is 9.32 Å². The molecule has 2 nitrogen and oxygen atoms in total. The van der Waals surface area contributed by atoms with Gasteiger partial charge in [0.25, 0.3) is 0 Å². The first-order valence-electron chi connectivity index (χ1n) is 20.6. The molecule has 0 bridgehead atoms. The van der Waals surface area contributed by atoms with Crippen LogP contribution in [-0.4, -0.2) is 0 Å². The Bertz CT molecular complexity index is 3590. The van der Waals surface area contributed by atoms with E-state index in [1.807, 2.05) is 12.1 Å². The number of para-hydroxylation sites is 1. The number of benzene rings is 11. The first-order valence-corrected chi connectivity index (χ1v) is 20.6. The molecule has 0 aliphatic rings. The zero-order chi connectivity index (χ0) is 39.6. The SMILES string of the molecule is c1ccc2c(-c3ccc4ccccc4c3-c3ccc(N(c4ccc(-c5cccc6oc7ccccc7c56)cc4)c4cc5ccccc5c5ccccc45)cc3)cccc2c1. The van der Waals surface area contributed by atoms with E-state index in [1.54, 1.807) is 0 Å². The molecular formula is C58H37NO. The Balaban J connectivity index is 1.04. The summed E-state index contributed by atoms with van der Waals surface area (Å²) in [5.74, 6) is 0. The van der Waals surface area contributed by atoms with Crippen molar-refractivity contribution < 1.29 is 4.42 Å². The van der Waals surface area contributed by atoms with Crippen molar-refractivity contribution >= 4 is 82.1 Å². The van der Waals surface area contributed by atoms with E-state index >= 15 is 0 Å². The molecule has 0 aliphatic heterocycles. The van der Waals surface area contributed by atoms with Crippen molar-refractivity contribution in [2.75, 3.05) is 4.90 Å². The van der Waals surface area contributed by atoms with E-state index in [0.29, 0.717) is 0 Å². The summed E-state index contributed by atoms with van der Waals surface area (Å²) in [5, 5.41) is 12.1. The number of anilines is 3. The minimum atomic E-state index is 0.900. The van der Waals surface area contributed by atoms with Crippen LogP contribution in [0.2, 0.25) is 0 Å². The Morgan fingerprint density at radius 2 is 0.833 bits per heavy atom. The summed E-state index contributed by atoms with van der Waals surface area (Å²) in [7, 11) is 0. The van der Waals surface area contributed by atoms with Crippen LogP contribution in [0, 0.1) is 0 Å². The molecule has 11 aromatic carbocycles. The van der Waals surface area contributed by atoms with Crippen LogP contribution in [0.3, 0.4) is 0 Å². The zero-order valence-corrected chi connectivity index (χ0v) is 32.7. The molecule has 12 aromatic rings. The molecule has 0 aliphatic carbocycles. The van der Waals surface area contributed by atoms with Crippen LogP contribution in [0.4, 0.5) is 17.1 Å². The van der Waals surface area contributed by atoms with Crippen molar-refractivity contribution in [3.63, 3.8) is 0 Å². The van der Waals surface area contributed by atoms with Gasteiger partial charge in [0.15, 0.2) is 0 Å². The first-order chi connectivity index (χ1) is 29.8. The van der Waals surface area contributed by atoms with Gasteiger partial charge in [-0.3, -0.25) is 0 Å². The summed E-state index contributed by atoms with van der Waals surface area (Å²) in [6.07, 6.45) is 0. The highest BCUT2D eigenvalue weighted by molar-refractivity contribution is 6.16. The minimum Gasteiger partial charge on any atom is -0.456 e. The van der Waals surface area contributed by atoms with Gasteiger partial charge in [-0.25, -0.2) is 0 Å². The minimum absolute atomic E-state index is 0.900. The molecule has 0 N–H and O–H groups in total. The average Bonchev–Trinajstić information content (AvgIpc) is 3.71. The summed E-state index contributed by atoms with van der Waals surface area (Å²) in [6.45, 7) is 0. The molecule has 0 saturated carbocycles. The van der Waals surface area contributed by atoms with Crippen molar-refractivity contribution in [3.05, 3.63) is 224 Å². The van der Waals surface area contributed by atoms with E-state index in [9.17, 15) is 0 Å². The Morgan fingerprint density at radius 1 is 0.300 bits per heavy atom. The Labute approximate surface area is 347 Å². The third kappa shape index (κ3) is 5.50. The van der Waals surface area contributed by atoms with Crippen LogP contribution < -0.4 is 4.90 Å². The van der Waals surface area contributed by atoms with Gasteiger partial charge in [-0.15, -0.1) is 0 Å². The van der Waals surface area contributed by atoms with Crippen molar-refractivity contribution in [2.45, 2.75) is 0 Å². The quantitative estimate of drug-likeness (QED) is 0.157. The van der Waals surface area contributed by atoms with Gasteiger partial charge in [0.05, 0.1) is 5.69 Å². The van der Waals surface area contributed by atoms with Gasteiger partial charge >= 0.3 is 0 Å². The molecule has 0 atom stereocenters. The molecule has 280 valence electrons. The highest BCUT2D eigenvalue weighted by Crippen LogP contribution is 2.46. The monoisotopic (exact) mass is 763 g/mol. The fourth-order valence-electron chi connectivity index (χ4n) is 9.50. The predicted molar refractivity (Wildman–Crippen MR) is 255 cm³/mol. The third-order valence-corrected chi connectivity index (χ3v) is 12.2. The Morgan fingerprint density at radius 3 is 1.60 bits per heavy atom. The summed E-state index contributed by atoms with van der Waals surface area (Å²) in [4.78, 5) is 2.42. The number of hydrogen-bond donors (Lipinski definition) is 0. The normalized spacial score (nSPS) is 11.7. The second-order valence-corrected chi connectivity index (χ2v) is 15.6. The summed E-state index contributed by atoms with van der Waals surface area (Å²) in [6, 6.07) is 81.4. The molecule has 60 heavy (non-hydrogen) atoms. The Hall–Kier alpha value is -7.94. The highest BCUT2D eigenvalue weighted by atomic mass is 16.3. The lowest BCUT2D eigenvalue weighted by Gasteiger charge is -2.28. The highest BCUT2D eigenvalue weighted by Gasteiger charge is 2.20. The van der Waals surface area contributed by atoms with Crippen LogP contribution in [0.5, 0.6) is 0 Å². The summed E-state index contributed by atoms with van der Waals surface area (Å²) < 4.78 is 6.28. The average molecular weight is 764 g/mol. The van der Waals surface area contributed by atoms with Crippen molar-refractivity contribution in [1.82, 2.24) is 0 Å². The topological polar surface area (TPSA) is 16.4 Å². The predicted octanol–water partition coefficient (Wildman–Crippen LogP) is 16.7. The lowest BCUT2D eigenvalue weighted by atomic mass is 9.88. The van der Waals surface area contributed by atoms with Crippen molar-refractivity contribution in [1.29, 1.82) is 0 Å². The molecule has 1 heterocycles. The lowest BCUT2D eigenvalue weighted by Crippen LogP contribution is -2.10. The fraction of sp³-hybridized carbons (Fsp3) is 0. The summed E-state index contributed by atoms with van der Waals surface area (Å²) >= 11 is 0. The van der Waals surface area contributed by atoms with E-state index < -0.39 is 0 Å². The van der Waals surface area contributed by atoms with Gasteiger partial charge in [0.1, 0.15) is 11.2 Å². The van der Waals surface area contributed by atoms with Gasteiger partial charge in [-0.1, -0.05) is 182 Å². The maximum absolute atomic E-state index is 6.28. The maximum atomic E-state index is 6.28. The summed E-state index contributed by atoms with van der Waals surface area (Å²) in [5.41, 5.74) is 12.3. The molecule has 0 spiro atoms. The smallest absolute Gasteiger partial charge is 0.136 e. The molecule has 0 radical (unpaired) electrons. The van der Waals surface area contributed by atoms with E-state index in [4.69, 9.17) is 4.42 Å². The van der Waals surface area contributed by atoms with Crippen molar-refractivity contribution in [2.24, 2.45) is 0 Å². The number of hydrogen-bond acceptors (Lipinski definition) is 2. The van der Waals surface area contributed by atoms with E-state index in [1.165, 1.54) is 65.3 Å². The number of fused-ring (bicyclic) bond motifs is 8. The van der Waals surface area contributed by atoms with E-state index in [-0.39, 0.29) is 0 Å². The molecule has 0 unspecified atom stereocenters. The maximum Gasteiger partial charge on any atom is 0.136 e. The number of rotatable bonds is 6. The number of furan rings is 1. The second kappa shape index (κ2) is 13.9. The lowest BCUT2D eigenvalue weighted by molar-refractivity contribution is 0.669. The fourth-order valence-corrected chi connectivity index (χ4v) is 9.50. The molecule has 0 saturated heterocycles. The van der Waals surface area contributed by atoms with Gasteiger partial charge in [0, 0.05) is 27.5 Å². The largest absolute Gasteiger partial charge is 0.456 e. The van der Waals surface area contributed by atoms with Crippen LogP contribution in [0.25, 0.3) is 98.4 Å². The van der Waals surface area contributed by atoms with Crippen molar-refractivity contribution in [3.8, 4) is 33.4 Å². The van der Waals surface area contributed by atoms with Gasteiger partial charge in [0.2, 0.25) is 0 Å². The second-order valence-electron chi connectivity index (χ2n) is 15.6. The molecule has 0 fully saturated rings. The van der Waals surface area contributed by atoms with E-state index in [0.717, 1.165) is 50.1 Å².